The third-order valence-corrected chi connectivity index (χ3v) is 8.91. The van der Waals surface area contributed by atoms with E-state index in [0.717, 1.165) is 19.5 Å². The van der Waals surface area contributed by atoms with Crippen LogP contribution in [-0.4, -0.2) is 28.4 Å². The molecule has 0 aliphatic heterocycles. The topological polar surface area (TPSA) is 97.3 Å². The minimum Gasteiger partial charge on any atom is -0.496 e. The third-order valence-electron chi connectivity index (χ3n) is 6.47. The second kappa shape index (κ2) is 10.2. The first-order valence-corrected chi connectivity index (χ1v) is 13.7. The second-order valence-electron chi connectivity index (χ2n) is 8.71. The van der Waals surface area contributed by atoms with Crippen molar-refractivity contribution in [2.45, 2.75) is 0 Å². The zero-order valence-electron chi connectivity index (χ0n) is 21.9. The van der Waals surface area contributed by atoms with Crippen molar-refractivity contribution in [3.05, 3.63) is 81.5 Å². The van der Waals surface area contributed by atoms with Crippen molar-refractivity contribution in [2.24, 2.45) is 0 Å². The summed E-state index contributed by atoms with van der Waals surface area (Å²) in [5.41, 5.74) is 0.719. The van der Waals surface area contributed by atoms with E-state index in [4.69, 9.17) is 27.8 Å². The van der Waals surface area contributed by atoms with Crippen LogP contribution in [0.5, 0.6) is 23.0 Å². The average Bonchev–Trinajstić information content (AvgIpc) is 3.65. The van der Waals surface area contributed by atoms with Crippen LogP contribution in [0.3, 0.4) is 0 Å². The summed E-state index contributed by atoms with van der Waals surface area (Å²) in [5, 5.41) is 1.34. The van der Waals surface area contributed by atoms with Gasteiger partial charge in [0.2, 0.25) is 0 Å². The van der Waals surface area contributed by atoms with Gasteiger partial charge in [0.25, 0.3) is 0 Å². The van der Waals surface area contributed by atoms with E-state index in [2.05, 4.69) is 0 Å². The SMILES string of the molecule is COc1cc(OC)c2cc(-c3ccc(-c4ccc(-c5cc6c(OC)cc(OC)cc6oc5=O)s4)s3)c(=O)oc2c1. The Morgan fingerprint density at radius 3 is 1.30 bits per heavy atom. The lowest BCUT2D eigenvalue weighted by Gasteiger charge is -2.08. The van der Waals surface area contributed by atoms with Gasteiger partial charge in [0, 0.05) is 43.8 Å². The monoisotopic (exact) mass is 574 g/mol. The molecular weight excluding hydrogens is 552 g/mol. The predicted molar refractivity (Wildman–Crippen MR) is 157 cm³/mol. The van der Waals surface area contributed by atoms with Gasteiger partial charge < -0.3 is 27.8 Å². The lowest BCUT2D eigenvalue weighted by molar-refractivity contribution is 0.395. The Hall–Kier alpha value is -4.54. The molecule has 0 aliphatic rings. The minimum absolute atomic E-state index is 0.383. The molecule has 0 fully saturated rings. The van der Waals surface area contributed by atoms with E-state index in [0.29, 0.717) is 56.1 Å². The van der Waals surface area contributed by atoms with Crippen molar-refractivity contribution < 1.29 is 27.8 Å². The van der Waals surface area contributed by atoms with E-state index in [1.54, 1.807) is 50.6 Å². The van der Waals surface area contributed by atoms with Crippen LogP contribution in [0.1, 0.15) is 0 Å². The summed E-state index contributed by atoms with van der Waals surface area (Å²) in [5.74, 6) is 2.16. The fourth-order valence-corrected chi connectivity index (χ4v) is 6.58. The molecule has 0 saturated heterocycles. The molecule has 0 N–H and O–H groups in total. The van der Waals surface area contributed by atoms with Crippen LogP contribution in [0.25, 0.3) is 52.6 Å². The lowest BCUT2D eigenvalue weighted by Crippen LogP contribution is -2.02. The van der Waals surface area contributed by atoms with Gasteiger partial charge in [0.15, 0.2) is 0 Å². The molecule has 6 rings (SSSR count). The molecule has 40 heavy (non-hydrogen) atoms. The fourth-order valence-electron chi connectivity index (χ4n) is 4.47. The summed E-state index contributed by atoms with van der Waals surface area (Å²) in [6, 6.07) is 18.0. The molecule has 6 aromatic rings. The Morgan fingerprint density at radius 2 is 0.925 bits per heavy atom. The highest BCUT2D eigenvalue weighted by Gasteiger charge is 2.18. The Kier molecular flexibility index (Phi) is 6.57. The van der Waals surface area contributed by atoms with Crippen LogP contribution in [-0.2, 0) is 0 Å². The summed E-state index contributed by atoms with van der Waals surface area (Å²) in [4.78, 5) is 29.2. The molecule has 4 heterocycles. The first-order chi connectivity index (χ1) is 19.4. The van der Waals surface area contributed by atoms with Crippen molar-refractivity contribution in [2.75, 3.05) is 28.4 Å². The average molecular weight is 575 g/mol. The van der Waals surface area contributed by atoms with Crippen LogP contribution in [0.2, 0.25) is 0 Å². The van der Waals surface area contributed by atoms with Gasteiger partial charge in [-0.3, -0.25) is 0 Å². The van der Waals surface area contributed by atoms with E-state index in [1.165, 1.54) is 36.9 Å². The highest BCUT2D eigenvalue weighted by atomic mass is 32.1. The molecular formula is C30H22O8S2. The zero-order valence-corrected chi connectivity index (χ0v) is 23.5. The number of benzene rings is 2. The number of thiophene rings is 2. The van der Waals surface area contributed by atoms with Crippen LogP contribution < -0.4 is 30.2 Å². The van der Waals surface area contributed by atoms with Gasteiger partial charge >= 0.3 is 11.3 Å². The van der Waals surface area contributed by atoms with Crippen molar-refractivity contribution in [3.8, 4) is 53.6 Å². The van der Waals surface area contributed by atoms with E-state index >= 15 is 0 Å². The first-order valence-electron chi connectivity index (χ1n) is 12.0. The molecule has 10 heteroatoms. The lowest BCUT2D eigenvalue weighted by atomic mass is 10.1. The molecule has 202 valence electrons. The maximum atomic E-state index is 12.9. The summed E-state index contributed by atoms with van der Waals surface area (Å²) in [6.07, 6.45) is 0. The molecule has 0 spiro atoms. The Labute approximate surface area is 235 Å². The molecule has 0 saturated carbocycles. The molecule has 0 bridgehead atoms. The first kappa shape index (κ1) is 25.7. The molecule has 0 radical (unpaired) electrons. The van der Waals surface area contributed by atoms with Gasteiger partial charge in [-0.15, -0.1) is 22.7 Å². The number of methoxy groups -OCH3 is 4. The van der Waals surface area contributed by atoms with Crippen LogP contribution in [0.15, 0.2) is 79.1 Å². The maximum absolute atomic E-state index is 12.9. The third kappa shape index (κ3) is 4.41. The Balaban J connectivity index is 1.38. The highest BCUT2D eigenvalue weighted by Crippen LogP contribution is 2.41. The summed E-state index contributed by atoms with van der Waals surface area (Å²) < 4.78 is 32.8. The van der Waals surface area contributed by atoms with Gasteiger partial charge in [-0.2, -0.15) is 0 Å². The number of fused-ring (bicyclic) bond motifs is 2. The number of hydrogen-bond donors (Lipinski definition) is 0. The fraction of sp³-hybridized carbons (Fsp3) is 0.133. The predicted octanol–water partition coefficient (Wildman–Crippen LogP) is 7.06. The highest BCUT2D eigenvalue weighted by molar-refractivity contribution is 7.25. The molecule has 0 atom stereocenters. The summed E-state index contributed by atoms with van der Waals surface area (Å²) in [7, 11) is 6.19. The van der Waals surface area contributed by atoms with Crippen molar-refractivity contribution in [1.82, 2.24) is 0 Å². The Morgan fingerprint density at radius 1 is 0.525 bits per heavy atom. The Bertz CT molecular complexity index is 1870. The van der Waals surface area contributed by atoms with Gasteiger partial charge in [-0.1, -0.05) is 0 Å². The number of rotatable bonds is 7. The number of ether oxygens (including phenoxy) is 4. The molecule has 2 aromatic carbocycles. The van der Waals surface area contributed by atoms with Crippen LogP contribution in [0.4, 0.5) is 0 Å². The van der Waals surface area contributed by atoms with E-state index in [-0.39, 0.29) is 0 Å². The van der Waals surface area contributed by atoms with Crippen molar-refractivity contribution in [3.63, 3.8) is 0 Å². The quantitative estimate of drug-likeness (QED) is 0.187. The van der Waals surface area contributed by atoms with Crippen molar-refractivity contribution >= 4 is 44.6 Å². The molecule has 0 amide bonds. The summed E-state index contributed by atoms with van der Waals surface area (Å²) >= 11 is 2.92. The van der Waals surface area contributed by atoms with Gasteiger partial charge in [0.1, 0.15) is 34.2 Å². The normalized spacial score (nSPS) is 11.2. The van der Waals surface area contributed by atoms with Gasteiger partial charge in [-0.25, -0.2) is 9.59 Å². The van der Waals surface area contributed by atoms with Gasteiger partial charge in [0.05, 0.1) is 50.3 Å². The second-order valence-corrected chi connectivity index (χ2v) is 10.9. The van der Waals surface area contributed by atoms with E-state index in [9.17, 15) is 9.59 Å². The largest absolute Gasteiger partial charge is 0.496 e. The maximum Gasteiger partial charge on any atom is 0.345 e. The minimum atomic E-state index is -0.456. The van der Waals surface area contributed by atoms with E-state index < -0.39 is 11.3 Å². The zero-order chi connectivity index (χ0) is 28.0. The molecule has 8 nitrogen and oxygen atoms in total. The standard InChI is InChI=1S/C30H22O8S2/c1-33-15-9-21(35-3)17-13-19(29(31)37-23(17)11-15)25-5-7-27(39-25)28-8-6-26(40-28)20-14-18-22(36-4)10-16(34-2)12-24(18)38-30(20)32/h5-14H,1-4H3. The smallest absolute Gasteiger partial charge is 0.345 e. The van der Waals surface area contributed by atoms with Gasteiger partial charge in [-0.05, 0) is 36.4 Å². The summed E-state index contributed by atoms with van der Waals surface area (Å²) in [6.45, 7) is 0. The van der Waals surface area contributed by atoms with Crippen LogP contribution >= 0.6 is 22.7 Å². The molecule has 4 aromatic heterocycles. The van der Waals surface area contributed by atoms with E-state index in [1.807, 2.05) is 24.3 Å². The van der Waals surface area contributed by atoms with Crippen LogP contribution in [0, 0.1) is 0 Å². The molecule has 0 aliphatic carbocycles. The molecule has 0 unspecified atom stereocenters. The number of hydrogen-bond acceptors (Lipinski definition) is 10. The van der Waals surface area contributed by atoms with Crippen molar-refractivity contribution in [1.29, 1.82) is 0 Å².